The number of nitrogens with one attached hydrogen (secondary N) is 2. The van der Waals surface area contributed by atoms with Crippen molar-refractivity contribution in [2.24, 2.45) is 11.7 Å². The third kappa shape index (κ3) is 5.68. The lowest BCUT2D eigenvalue weighted by molar-refractivity contribution is -0.141. The molecule has 1 fully saturated rings. The van der Waals surface area contributed by atoms with Crippen molar-refractivity contribution in [3.8, 4) is 0 Å². The number of carbonyl (C=O) groups is 4. The molecule has 0 aliphatic carbocycles. The van der Waals surface area contributed by atoms with Crippen molar-refractivity contribution in [3.05, 3.63) is 0 Å². The van der Waals surface area contributed by atoms with Gasteiger partial charge in [0.1, 0.15) is 18.6 Å². The standard InChI is InChI=1S/C15H26N4O6/c1-8(2)12(16)15(25)19-5-3-4-10(19)14(24)18-9(7-20)13(23)17-6-11(21)22/h8-10,12,20H,3-7,16H2,1-2H3,(H,17,23)(H,18,24)(H,21,22). The summed E-state index contributed by atoms with van der Waals surface area (Å²) in [7, 11) is 0. The van der Waals surface area contributed by atoms with Gasteiger partial charge >= 0.3 is 5.97 Å². The van der Waals surface area contributed by atoms with Crippen LogP contribution in [0.15, 0.2) is 0 Å². The minimum Gasteiger partial charge on any atom is -0.480 e. The predicted octanol–water partition coefficient (Wildman–Crippen LogP) is -2.36. The highest BCUT2D eigenvalue weighted by Crippen LogP contribution is 2.19. The Bertz CT molecular complexity index is 524. The lowest BCUT2D eigenvalue weighted by Crippen LogP contribution is -2.57. The van der Waals surface area contributed by atoms with E-state index in [2.05, 4.69) is 10.6 Å². The maximum atomic E-state index is 12.4. The Labute approximate surface area is 145 Å². The number of nitrogens with two attached hydrogens (primary N) is 1. The van der Waals surface area contributed by atoms with Crippen molar-refractivity contribution < 1.29 is 29.4 Å². The number of amides is 3. The Hall–Kier alpha value is -2.20. The molecule has 0 aromatic carbocycles. The van der Waals surface area contributed by atoms with Crippen LogP contribution in [0.4, 0.5) is 0 Å². The zero-order chi connectivity index (χ0) is 19.1. The van der Waals surface area contributed by atoms with Crippen LogP contribution in [0.25, 0.3) is 0 Å². The summed E-state index contributed by atoms with van der Waals surface area (Å²) in [6, 6.07) is -2.78. The van der Waals surface area contributed by atoms with Crippen LogP contribution in [-0.2, 0) is 19.2 Å². The highest BCUT2D eigenvalue weighted by molar-refractivity contribution is 5.94. The number of rotatable bonds is 8. The summed E-state index contributed by atoms with van der Waals surface area (Å²) in [6.07, 6.45) is 1.06. The van der Waals surface area contributed by atoms with E-state index in [0.29, 0.717) is 19.4 Å². The molecule has 10 nitrogen and oxygen atoms in total. The van der Waals surface area contributed by atoms with E-state index in [4.69, 9.17) is 10.8 Å². The molecule has 1 aliphatic heterocycles. The van der Waals surface area contributed by atoms with Crippen molar-refractivity contribution in [2.45, 2.75) is 44.8 Å². The predicted molar refractivity (Wildman–Crippen MR) is 87.2 cm³/mol. The van der Waals surface area contributed by atoms with Crippen molar-refractivity contribution in [3.63, 3.8) is 0 Å². The molecule has 1 saturated heterocycles. The molecule has 0 spiro atoms. The largest absolute Gasteiger partial charge is 0.480 e. The van der Waals surface area contributed by atoms with E-state index in [-0.39, 0.29) is 11.8 Å². The van der Waals surface area contributed by atoms with E-state index >= 15 is 0 Å². The molecular weight excluding hydrogens is 332 g/mol. The number of likely N-dealkylation sites (tertiary alicyclic amines) is 1. The number of carbonyl (C=O) groups excluding carboxylic acids is 3. The molecule has 3 atom stereocenters. The highest BCUT2D eigenvalue weighted by atomic mass is 16.4. The minimum absolute atomic E-state index is 0.0798. The van der Waals surface area contributed by atoms with Crippen LogP contribution in [0.2, 0.25) is 0 Å². The third-order valence-electron chi connectivity index (χ3n) is 4.07. The number of aliphatic carboxylic acids is 1. The topological polar surface area (TPSA) is 162 Å². The molecule has 1 aliphatic rings. The molecule has 1 heterocycles. The van der Waals surface area contributed by atoms with E-state index in [0.717, 1.165) is 0 Å². The van der Waals surface area contributed by atoms with Gasteiger partial charge in [0.25, 0.3) is 0 Å². The number of carboxylic acid groups (broad SMARTS) is 1. The Morgan fingerprint density at radius 1 is 1.28 bits per heavy atom. The molecular formula is C15H26N4O6. The zero-order valence-electron chi connectivity index (χ0n) is 14.4. The van der Waals surface area contributed by atoms with Crippen LogP contribution in [0.5, 0.6) is 0 Å². The smallest absolute Gasteiger partial charge is 0.322 e. The Balaban J connectivity index is 2.71. The van der Waals surface area contributed by atoms with Crippen LogP contribution >= 0.6 is 0 Å². The highest BCUT2D eigenvalue weighted by Gasteiger charge is 2.38. The van der Waals surface area contributed by atoms with Gasteiger partial charge in [-0.2, -0.15) is 0 Å². The monoisotopic (exact) mass is 358 g/mol. The molecule has 0 radical (unpaired) electrons. The fourth-order valence-electron chi connectivity index (χ4n) is 2.53. The number of hydrogen-bond donors (Lipinski definition) is 5. The van der Waals surface area contributed by atoms with Crippen LogP contribution in [0.3, 0.4) is 0 Å². The second-order valence-corrected chi connectivity index (χ2v) is 6.31. The van der Waals surface area contributed by atoms with Gasteiger partial charge in [0.15, 0.2) is 0 Å². The van der Waals surface area contributed by atoms with Crippen molar-refractivity contribution in [1.82, 2.24) is 15.5 Å². The number of aliphatic hydroxyl groups is 1. The summed E-state index contributed by atoms with van der Waals surface area (Å²) in [5.41, 5.74) is 5.86. The molecule has 1 rings (SSSR count). The van der Waals surface area contributed by atoms with Crippen molar-refractivity contribution in [1.29, 1.82) is 0 Å². The average Bonchev–Trinajstić information content (AvgIpc) is 3.05. The van der Waals surface area contributed by atoms with Gasteiger partial charge in [0.05, 0.1) is 12.6 Å². The summed E-state index contributed by atoms with van der Waals surface area (Å²) in [6.45, 7) is 2.70. The maximum absolute atomic E-state index is 12.4. The van der Waals surface area contributed by atoms with Crippen molar-refractivity contribution in [2.75, 3.05) is 19.7 Å². The van der Waals surface area contributed by atoms with E-state index in [9.17, 15) is 24.3 Å². The van der Waals surface area contributed by atoms with Gasteiger partial charge in [-0.25, -0.2) is 0 Å². The minimum atomic E-state index is -1.29. The molecule has 0 bridgehead atoms. The third-order valence-corrected chi connectivity index (χ3v) is 4.07. The van der Waals surface area contributed by atoms with Crippen molar-refractivity contribution >= 4 is 23.7 Å². The van der Waals surface area contributed by atoms with Crippen LogP contribution in [0, 0.1) is 5.92 Å². The number of hydrogen-bond acceptors (Lipinski definition) is 6. The molecule has 0 saturated carbocycles. The van der Waals surface area contributed by atoms with E-state index in [1.54, 1.807) is 0 Å². The van der Waals surface area contributed by atoms with Crippen LogP contribution in [-0.4, -0.2) is 76.6 Å². The van der Waals surface area contributed by atoms with Gasteiger partial charge < -0.3 is 31.5 Å². The molecule has 3 amide bonds. The fraction of sp³-hybridized carbons (Fsp3) is 0.733. The second-order valence-electron chi connectivity index (χ2n) is 6.31. The normalized spacial score (nSPS) is 19.4. The maximum Gasteiger partial charge on any atom is 0.322 e. The Morgan fingerprint density at radius 2 is 1.92 bits per heavy atom. The van der Waals surface area contributed by atoms with E-state index in [1.807, 2.05) is 13.8 Å². The lowest BCUT2D eigenvalue weighted by Gasteiger charge is -2.29. The SMILES string of the molecule is CC(C)C(N)C(=O)N1CCCC1C(=O)NC(CO)C(=O)NCC(=O)O. The lowest BCUT2D eigenvalue weighted by atomic mass is 10.0. The molecule has 0 aromatic heterocycles. The van der Waals surface area contributed by atoms with Gasteiger partial charge in [-0.3, -0.25) is 19.2 Å². The van der Waals surface area contributed by atoms with Crippen LogP contribution < -0.4 is 16.4 Å². The first-order valence-electron chi connectivity index (χ1n) is 8.15. The van der Waals surface area contributed by atoms with Gasteiger partial charge in [0.2, 0.25) is 17.7 Å². The molecule has 142 valence electrons. The van der Waals surface area contributed by atoms with Gasteiger partial charge in [-0.15, -0.1) is 0 Å². The van der Waals surface area contributed by atoms with E-state index in [1.165, 1.54) is 4.90 Å². The molecule has 3 unspecified atom stereocenters. The zero-order valence-corrected chi connectivity index (χ0v) is 14.4. The molecule has 25 heavy (non-hydrogen) atoms. The van der Waals surface area contributed by atoms with Gasteiger partial charge in [-0.1, -0.05) is 13.8 Å². The molecule has 0 aromatic rings. The summed E-state index contributed by atoms with van der Waals surface area (Å²) in [5, 5.41) is 22.2. The van der Waals surface area contributed by atoms with Crippen LogP contribution in [0.1, 0.15) is 26.7 Å². The summed E-state index contributed by atoms with van der Waals surface area (Å²) < 4.78 is 0. The first kappa shape index (κ1) is 20.8. The van der Waals surface area contributed by atoms with Gasteiger partial charge in [0, 0.05) is 6.54 Å². The molecule has 6 N–H and O–H groups in total. The second kappa shape index (κ2) is 9.33. The number of nitrogens with zero attached hydrogens (tertiary/aromatic N) is 1. The summed E-state index contributed by atoms with van der Waals surface area (Å²) >= 11 is 0. The number of carboxylic acids is 1. The fourth-order valence-corrected chi connectivity index (χ4v) is 2.53. The molecule has 10 heteroatoms. The average molecular weight is 358 g/mol. The van der Waals surface area contributed by atoms with Gasteiger partial charge in [-0.05, 0) is 18.8 Å². The first-order chi connectivity index (χ1) is 11.7. The van der Waals surface area contributed by atoms with E-state index < -0.39 is 49.1 Å². The Kier molecular flexibility index (Phi) is 7.78. The quantitative estimate of drug-likeness (QED) is 0.324. The Morgan fingerprint density at radius 3 is 2.44 bits per heavy atom. The first-order valence-corrected chi connectivity index (χ1v) is 8.15. The summed E-state index contributed by atoms with van der Waals surface area (Å²) in [4.78, 5) is 48.5. The number of aliphatic hydroxyl groups excluding tert-OH is 1. The summed E-state index contributed by atoms with van der Waals surface area (Å²) in [5.74, 6) is -3.04.